The highest BCUT2D eigenvalue weighted by Crippen LogP contribution is 2.43. The van der Waals surface area contributed by atoms with Gasteiger partial charge in [0.25, 0.3) is 5.56 Å². The molecule has 1 aromatic heterocycles. The van der Waals surface area contributed by atoms with Gasteiger partial charge in [-0.15, -0.1) is 0 Å². The van der Waals surface area contributed by atoms with Gasteiger partial charge in [0.2, 0.25) is 11.5 Å². The number of aliphatic hydroxyl groups is 10. The smallest absolute Gasteiger partial charge is 0.331 e. The minimum atomic E-state index is -2.82. The third-order valence-electron chi connectivity index (χ3n) is 7.34. The van der Waals surface area contributed by atoms with Crippen molar-refractivity contribution >= 4 is 0 Å². The fraction of sp³-hybridized carbons (Fsp3) is 0.810. The number of nitrogens with one attached hydrogen (secondary N) is 1. The summed E-state index contributed by atoms with van der Waals surface area (Å²) in [5.74, 6) is -1.56. The Morgan fingerprint density at radius 3 is 2.02 bits per heavy atom. The topological polar surface area (TPSA) is 294 Å². The Morgan fingerprint density at radius 2 is 1.45 bits per heavy atom. The van der Waals surface area contributed by atoms with Crippen LogP contribution in [0.2, 0.25) is 0 Å². The van der Waals surface area contributed by atoms with Gasteiger partial charge in [-0.2, -0.15) is 4.39 Å². The molecule has 3 saturated heterocycles. The normalized spacial score (nSPS) is 46.0. The van der Waals surface area contributed by atoms with Crippen molar-refractivity contribution in [3.8, 4) is 0 Å². The van der Waals surface area contributed by atoms with Crippen molar-refractivity contribution in [2.24, 2.45) is 0 Å². The molecule has 0 amide bonds. The zero-order chi connectivity index (χ0) is 29.7. The maximum atomic E-state index is 14.3. The summed E-state index contributed by atoms with van der Waals surface area (Å²) in [5.41, 5.74) is -5.70. The number of rotatable bonds is 7. The van der Waals surface area contributed by atoms with Gasteiger partial charge in [0.05, 0.1) is 26.0 Å². The van der Waals surface area contributed by atoms with Crippen LogP contribution in [-0.4, -0.2) is 160 Å². The van der Waals surface area contributed by atoms with E-state index in [4.69, 9.17) is 18.9 Å². The molecule has 3 fully saturated rings. The Morgan fingerprint density at radius 1 is 0.825 bits per heavy atom. The van der Waals surface area contributed by atoms with E-state index in [0.717, 1.165) is 0 Å². The quantitative estimate of drug-likeness (QED) is 0.141. The highest BCUT2D eigenvalue weighted by molar-refractivity contribution is 5.11. The van der Waals surface area contributed by atoms with Crippen LogP contribution in [0, 0.1) is 5.82 Å². The lowest BCUT2D eigenvalue weighted by Gasteiger charge is -2.50. The Kier molecular flexibility index (Phi) is 9.10. The minimum absolute atomic E-state index is 0.251. The summed E-state index contributed by atoms with van der Waals surface area (Å²) in [6, 6.07) is 0. The lowest BCUT2D eigenvalue weighted by atomic mass is 9.85. The first-order chi connectivity index (χ1) is 18.8. The first-order valence-corrected chi connectivity index (χ1v) is 12.1. The van der Waals surface area contributed by atoms with E-state index in [9.17, 15) is 65.0 Å². The lowest BCUT2D eigenvalue weighted by molar-refractivity contribution is -0.359. The molecule has 3 aliphatic heterocycles. The van der Waals surface area contributed by atoms with E-state index < -0.39 is 122 Å². The van der Waals surface area contributed by atoms with E-state index in [1.54, 1.807) is 4.98 Å². The first-order valence-electron chi connectivity index (χ1n) is 12.1. The van der Waals surface area contributed by atoms with Gasteiger partial charge in [0.15, 0.2) is 6.29 Å². The molecule has 40 heavy (non-hydrogen) atoms. The predicted octanol–water partition coefficient (Wildman–Crippen LogP) is -7.89. The second-order valence-corrected chi connectivity index (χ2v) is 9.69. The standard InChI is InChI=1S/C21H31FN2O16/c22-5-1-24(20(36)23-18(5)35)21(16(34)10(29)7(3-26)40-21)17-13(32)12(31)15(8(4-27)37-17)39-19-14(33)11(30)9(28)6(2-25)38-19/h1,6-17,19,25-34H,2-4H2,(H,23,35,36)/t6-,7-,8-,9+,10-,11+,12-,13-,14-,15-,16-,17?,19+,21+/m1/s1. The SMILES string of the molecule is O=c1[nH]c(=O)n([C@]2(C3O[C@H](CO)[C@@H](O[C@@H]4O[C@H](CO)[C@H](O)[C@H](O)[C@H]4O)[C@H](O)[C@H]3O)O[C@H](CO)[C@@H](O)[C@H]2O)cc1F. The van der Waals surface area contributed by atoms with Gasteiger partial charge in [-0.3, -0.25) is 14.3 Å². The molecule has 0 spiro atoms. The molecular weight excluding hydrogens is 555 g/mol. The fourth-order valence-corrected chi connectivity index (χ4v) is 5.19. The molecule has 18 nitrogen and oxygen atoms in total. The second kappa shape index (κ2) is 11.7. The molecule has 4 heterocycles. The number of aromatic amines is 1. The van der Waals surface area contributed by atoms with E-state index in [0.29, 0.717) is 0 Å². The molecule has 4 rings (SSSR count). The molecule has 1 unspecified atom stereocenters. The van der Waals surface area contributed by atoms with E-state index in [1.165, 1.54) is 0 Å². The molecule has 228 valence electrons. The third-order valence-corrected chi connectivity index (χ3v) is 7.34. The number of hydrogen-bond donors (Lipinski definition) is 11. The molecule has 0 saturated carbocycles. The van der Waals surface area contributed by atoms with Crippen molar-refractivity contribution in [1.82, 2.24) is 9.55 Å². The van der Waals surface area contributed by atoms with Crippen molar-refractivity contribution in [2.45, 2.75) is 85.3 Å². The highest BCUT2D eigenvalue weighted by Gasteiger charge is 2.66. The number of hydrogen-bond acceptors (Lipinski definition) is 16. The minimum Gasteiger partial charge on any atom is -0.394 e. The molecule has 3 aliphatic rings. The van der Waals surface area contributed by atoms with Crippen LogP contribution < -0.4 is 11.2 Å². The van der Waals surface area contributed by atoms with Gasteiger partial charge in [-0.25, -0.2) is 4.79 Å². The van der Waals surface area contributed by atoms with E-state index in [1.807, 2.05) is 0 Å². The Bertz CT molecular complexity index is 1150. The van der Waals surface area contributed by atoms with Crippen LogP contribution in [0.4, 0.5) is 4.39 Å². The van der Waals surface area contributed by atoms with Gasteiger partial charge < -0.3 is 70.0 Å². The van der Waals surface area contributed by atoms with Crippen molar-refractivity contribution in [1.29, 1.82) is 0 Å². The average Bonchev–Trinajstić information content (AvgIpc) is 3.19. The summed E-state index contributed by atoms with van der Waals surface area (Å²) in [7, 11) is 0. The van der Waals surface area contributed by atoms with Crippen LogP contribution >= 0.6 is 0 Å². The van der Waals surface area contributed by atoms with Gasteiger partial charge >= 0.3 is 5.69 Å². The molecule has 19 heteroatoms. The fourth-order valence-electron chi connectivity index (χ4n) is 5.19. The van der Waals surface area contributed by atoms with Crippen LogP contribution in [0.25, 0.3) is 0 Å². The van der Waals surface area contributed by atoms with E-state index in [2.05, 4.69) is 0 Å². The van der Waals surface area contributed by atoms with E-state index >= 15 is 0 Å². The Hall–Kier alpha value is -1.95. The van der Waals surface area contributed by atoms with Gasteiger partial charge in [-0.1, -0.05) is 0 Å². The molecule has 0 aliphatic carbocycles. The number of halogens is 1. The molecule has 0 aromatic carbocycles. The zero-order valence-electron chi connectivity index (χ0n) is 20.5. The highest BCUT2D eigenvalue weighted by atomic mass is 19.1. The maximum Gasteiger partial charge on any atom is 0.331 e. The Labute approximate surface area is 222 Å². The van der Waals surface area contributed by atoms with Crippen LogP contribution in [0.5, 0.6) is 0 Å². The van der Waals surface area contributed by atoms with Crippen LogP contribution in [0.1, 0.15) is 0 Å². The van der Waals surface area contributed by atoms with Crippen molar-refractivity contribution in [3.63, 3.8) is 0 Å². The molecule has 14 atom stereocenters. The van der Waals surface area contributed by atoms with Gasteiger partial charge in [0.1, 0.15) is 73.2 Å². The largest absolute Gasteiger partial charge is 0.394 e. The van der Waals surface area contributed by atoms with Crippen LogP contribution in [0.15, 0.2) is 15.8 Å². The number of nitrogens with zero attached hydrogens (tertiary/aromatic N) is 1. The second-order valence-electron chi connectivity index (χ2n) is 9.69. The zero-order valence-corrected chi connectivity index (χ0v) is 20.5. The summed E-state index contributed by atoms with van der Waals surface area (Å²) in [5, 5.41) is 103. The summed E-state index contributed by atoms with van der Waals surface area (Å²) in [4.78, 5) is 26.0. The number of H-pyrrole nitrogens is 1. The van der Waals surface area contributed by atoms with Gasteiger partial charge in [-0.05, 0) is 0 Å². The third kappa shape index (κ3) is 4.90. The lowest BCUT2D eigenvalue weighted by Crippen LogP contribution is -2.71. The van der Waals surface area contributed by atoms with Crippen LogP contribution in [-0.2, 0) is 24.7 Å². The number of ether oxygens (including phenoxy) is 4. The summed E-state index contributed by atoms with van der Waals surface area (Å²) >= 11 is 0. The predicted molar refractivity (Wildman–Crippen MR) is 120 cm³/mol. The Balaban J connectivity index is 1.73. The average molecular weight is 586 g/mol. The number of aromatic nitrogens is 2. The number of aliphatic hydroxyl groups excluding tert-OH is 10. The summed E-state index contributed by atoms with van der Waals surface area (Å²) in [6.07, 6.45) is -24.5. The van der Waals surface area contributed by atoms with Crippen LogP contribution in [0.3, 0.4) is 0 Å². The van der Waals surface area contributed by atoms with Crippen molar-refractivity contribution < 1.29 is 74.4 Å². The van der Waals surface area contributed by atoms with Gasteiger partial charge in [0, 0.05) is 0 Å². The summed E-state index contributed by atoms with van der Waals surface area (Å²) < 4.78 is 36.4. The maximum absolute atomic E-state index is 14.3. The molecule has 0 radical (unpaired) electrons. The van der Waals surface area contributed by atoms with E-state index in [-0.39, 0.29) is 10.8 Å². The summed E-state index contributed by atoms with van der Waals surface area (Å²) in [6.45, 7) is -2.80. The van der Waals surface area contributed by atoms with Crippen molar-refractivity contribution in [2.75, 3.05) is 19.8 Å². The molecule has 0 bridgehead atoms. The monoisotopic (exact) mass is 586 g/mol. The molecule has 11 N–H and O–H groups in total. The molecule has 1 aromatic rings. The molecular formula is C21H31FN2O16. The van der Waals surface area contributed by atoms with Crippen molar-refractivity contribution in [3.05, 3.63) is 32.9 Å². The first kappa shape index (κ1) is 31.0.